The van der Waals surface area contributed by atoms with Crippen molar-refractivity contribution in [3.63, 3.8) is 0 Å². The molecule has 10 nitrogen and oxygen atoms in total. The number of hydrogen-bond donors (Lipinski definition) is 4. The van der Waals surface area contributed by atoms with Crippen LogP contribution in [0.4, 0.5) is 5.69 Å². The van der Waals surface area contributed by atoms with Crippen LogP contribution in [-0.2, 0) is 20.8 Å². The second-order valence-corrected chi connectivity index (χ2v) is 10.5. The van der Waals surface area contributed by atoms with Gasteiger partial charge < -0.3 is 25.6 Å². The SMILES string of the molecule is CCC(C(=O)N[C@@H](CC(=O)O)C(=O)CNCCCc1ccccc1)n1cccc(NC(=O)c2ccc3ccccc3c2)c1=O. The zero-order valence-corrected chi connectivity index (χ0v) is 24.5. The second kappa shape index (κ2) is 15.4. The van der Waals surface area contributed by atoms with Gasteiger partial charge in [0.15, 0.2) is 5.78 Å². The first kappa shape index (κ1) is 31.8. The Hall–Kier alpha value is -5.09. The summed E-state index contributed by atoms with van der Waals surface area (Å²) in [7, 11) is 0. The lowest BCUT2D eigenvalue weighted by atomic mass is 10.1. The molecule has 0 saturated carbocycles. The number of aliphatic carboxylic acids is 1. The van der Waals surface area contributed by atoms with Crippen LogP contribution in [0.2, 0.25) is 0 Å². The molecule has 4 aromatic rings. The van der Waals surface area contributed by atoms with Gasteiger partial charge in [0.1, 0.15) is 11.7 Å². The summed E-state index contributed by atoms with van der Waals surface area (Å²) >= 11 is 0. The number of carbonyl (C=O) groups is 4. The average Bonchev–Trinajstić information content (AvgIpc) is 3.02. The van der Waals surface area contributed by atoms with Crippen molar-refractivity contribution in [2.75, 3.05) is 18.4 Å². The maximum Gasteiger partial charge on any atom is 0.305 e. The largest absolute Gasteiger partial charge is 0.481 e. The molecule has 4 N–H and O–H groups in total. The van der Waals surface area contributed by atoms with Gasteiger partial charge in [0.25, 0.3) is 11.5 Å². The Morgan fingerprint density at radius 3 is 2.34 bits per heavy atom. The van der Waals surface area contributed by atoms with Crippen LogP contribution in [0, 0.1) is 0 Å². The van der Waals surface area contributed by atoms with Crippen LogP contribution < -0.4 is 21.5 Å². The van der Waals surface area contributed by atoms with Gasteiger partial charge in [0.2, 0.25) is 5.91 Å². The third-order valence-corrected chi connectivity index (χ3v) is 7.30. The van der Waals surface area contributed by atoms with E-state index < -0.39 is 47.6 Å². The van der Waals surface area contributed by atoms with Crippen LogP contribution in [0.1, 0.15) is 48.1 Å². The number of aryl methyl sites for hydroxylation is 1. The predicted molar refractivity (Wildman–Crippen MR) is 169 cm³/mol. The highest BCUT2D eigenvalue weighted by Crippen LogP contribution is 2.17. The molecule has 0 aliphatic heterocycles. The molecule has 2 atom stereocenters. The van der Waals surface area contributed by atoms with Crippen molar-refractivity contribution in [1.82, 2.24) is 15.2 Å². The predicted octanol–water partition coefficient (Wildman–Crippen LogP) is 3.96. The number of fused-ring (bicyclic) bond motifs is 1. The zero-order chi connectivity index (χ0) is 31.5. The summed E-state index contributed by atoms with van der Waals surface area (Å²) < 4.78 is 1.18. The molecule has 10 heteroatoms. The third kappa shape index (κ3) is 8.48. The maximum atomic E-state index is 13.4. The Morgan fingerprint density at radius 1 is 0.886 bits per heavy atom. The zero-order valence-electron chi connectivity index (χ0n) is 24.5. The summed E-state index contributed by atoms with van der Waals surface area (Å²) in [4.78, 5) is 64.1. The van der Waals surface area contributed by atoms with Crippen LogP contribution in [0.25, 0.3) is 10.8 Å². The monoisotopic (exact) mass is 596 g/mol. The molecule has 0 aliphatic rings. The topological polar surface area (TPSA) is 147 Å². The quantitative estimate of drug-likeness (QED) is 0.152. The van der Waals surface area contributed by atoms with Crippen molar-refractivity contribution in [3.05, 3.63) is 113 Å². The molecular weight excluding hydrogens is 560 g/mol. The van der Waals surface area contributed by atoms with Crippen LogP contribution in [0.15, 0.2) is 95.9 Å². The minimum absolute atomic E-state index is 0.0187. The first-order valence-corrected chi connectivity index (χ1v) is 14.6. The van der Waals surface area contributed by atoms with Crippen molar-refractivity contribution in [2.45, 2.75) is 44.7 Å². The van der Waals surface area contributed by atoms with E-state index in [2.05, 4.69) is 16.0 Å². The maximum absolute atomic E-state index is 13.4. The summed E-state index contributed by atoms with van der Waals surface area (Å²) in [5, 5.41) is 19.4. The first-order chi connectivity index (χ1) is 21.3. The van der Waals surface area contributed by atoms with Crippen molar-refractivity contribution < 1.29 is 24.3 Å². The molecule has 0 saturated heterocycles. The molecule has 1 aromatic heterocycles. The van der Waals surface area contributed by atoms with E-state index in [0.29, 0.717) is 12.1 Å². The van der Waals surface area contributed by atoms with Crippen LogP contribution in [0.3, 0.4) is 0 Å². The fourth-order valence-corrected chi connectivity index (χ4v) is 4.97. The van der Waals surface area contributed by atoms with E-state index in [0.717, 1.165) is 23.6 Å². The number of rotatable bonds is 15. The van der Waals surface area contributed by atoms with Gasteiger partial charge >= 0.3 is 5.97 Å². The summed E-state index contributed by atoms with van der Waals surface area (Å²) in [6.07, 6.45) is 2.61. The minimum Gasteiger partial charge on any atom is -0.481 e. The Morgan fingerprint density at radius 2 is 1.61 bits per heavy atom. The summed E-state index contributed by atoms with van der Waals surface area (Å²) in [5.41, 5.74) is 0.918. The van der Waals surface area contributed by atoms with E-state index in [1.807, 2.05) is 60.7 Å². The molecule has 1 heterocycles. The molecule has 4 rings (SSSR count). The molecule has 0 fully saturated rings. The van der Waals surface area contributed by atoms with E-state index in [9.17, 15) is 29.1 Å². The smallest absolute Gasteiger partial charge is 0.305 e. The van der Waals surface area contributed by atoms with E-state index in [1.54, 1.807) is 19.1 Å². The Kier molecular flexibility index (Phi) is 11.1. The number of carboxylic acid groups (broad SMARTS) is 1. The van der Waals surface area contributed by atoms with Gasteiger partial charge in [-0.2, -0.15) is 0 Å². The molecule has 228 valence electrons. The lowest BCUT2D eigenvalue weighted by molar-refractivity contribution is -0.140. The van der Waals surface area contributed by atoms with Crippen molar-refractivity contribution in [3.8, 4) is 0 Å². The number of anilines is 1. The minimum atomic E-state index is -1.28. The van der Waals surface area contributed by atoms with Crippen molar-refractivity contribution in [1.29, 1.82) is 0 Å². The summed E-state index contributed by atoms with van der Waals surface area (Å²) in [6.45, 7) is 2.12. The molecule has 0 aliphatic carbocycles. The van der Waals surface area contributed by atoms with Gasteiger partial charge in [-0.1, -0.05) is 67.6 Å². The van der Waals surface area contributed by atoms with E-state index in [1.165, 1.54) is 28.5 Å². The van der Waals surface area contributed by atoms with Gasteiger partial charge in [-0.05, 0) is 66.4 Å². The fourth-order valence-electron chi connectivity index (χ4n) is 4.97. The van der Waals surface area contributed by atoms with Crippen LogP contribution in [0.5, 0.6) is 0 Å². The Balaban J connectivity index is 1.40. The van der Waals surface area contributed by atoms with Gasteiger partial charge in [-0.25, -0.2) is 0 Å². The molecule has 0 radical (unpaired) electrons. The fraction of sp³-hybridized carbons (Fsp3) is 0.265. The van der Waals surface area contributed by atoms with Gasteiger partial charge in [0.05, 0.1) is 19.0 Å². The Bertz CT molecular complexity index is 1680. The summed E-state index contributed by atoms with van der Waals surface area (Å²) in [5.74, 6) is -2.86. The lowest BCUT2D eigenvalue weighted by Crippen LogP contribution is -2.48. The van der Waals surface area contributed by atoms with Gasteiger partial charge in [-0.15, -0.1) is 0 Å². The number of Topliss-reactive ketones (excluding diaryl/α,β-unsaturated/α-hetero) is 1. The number of benzene rings is 3. The van der Waals surface area contributed by atoms with E-state index in [-0.39, 0.29) is 18.7 Å². The molecule has 0 bridgehead atoms. The number of aromatic nitrogens is 1. The Labute approximate surface area is 255 Å². The molecule has 44 heavy (non-hydrogen) atoms. The molecular formula is C34H36N4O6. The highest BCUT2D eigenvalue weighted by molar-refractivity contribution is 6.06. The van der Waals surface area contributed by atoms with Gasteiger partial charge in [0, 0.05) is 11.8 Å². The van der Waals surface area contributed by atoms with Crippen LogP contribution >= 0.6 is 0 Å². The number of carboxylic acids is 1. The van der Waals surface area contributed by atoms with E-state index >= 15 is 0 Å². The van der Waals surface area contributed by atoms with Crippen molar-refractivity contribution in [2.24, 2.45) is 0 Å². The molecule has 1 unspecified atom stereocenters. The second-order valence-electron chi connectivity index (χ2n) is 10.5. The first-order valence-electron chi connectivity index (χ1n) is 14.6. The average molecular weight is 597 g/mol. The van der Waals surface area contributed by atoms with Crippen molar-refractivity contribution >= 4 is 40.0 Å². The number of nitrogens with one attached hydrogen (secondary N) is 3. The number of carbonyl (C=O) groups excluding carboxylic acids is 3. The molecule has 2 amide bonds. The molecule has 3 aromatic carbocycles. The van der Waals surface area contributed by atoms with Gasteiger partial charge in [-0.3, -0.25) is 24.0 Å². The number of hydrogen-bond acceptors (Lipinski definition) is 6. The lowest BCUT2D eigenvalue weighted by Gasteiger charge is -2.22. The van der Waals surface area contributed by atoms with Crippen LogP contribution in [-0.4, -0.2) is 52.4 Å². The number of ketones is 1. The number of pyridine rings is 1. The summed E-state index contributed by atoms with van der Waals surface area (Å²) in [6, 6.07) is 23.4. The molecule has 0 spiro atoms. The third-order valence-electron chi connectivity index (χ3n) is 7.30. The highest BCUT2D eigenvalue weighted by atomic mass is 16.4. The standard InChI is InChI=1S/C34H36N4O6/c1-2-29(33(43)37-28(21-31(40)41)30(39)22-35-18-8-12-23-10-4-3-5-11-23)38-19-9-15-27(34(38)44)36-32(42)26-17-16-24-13-6-7-14-25(24)20-26/h3-7,9-11,13-17,19-20,28-29,35H,2,8,12,18,21-22H2,1H3,(H,36,42)(H,37,43)(H,40,41)/t28-,29?/m0/s1. The highest BCUT2D eigenvalue weighted by Gasteiger charge is 2.28. The van der Waals surface area contributed by atoms with E-state index in [4.69, 9.17) is 0 Å². The number of nitrogens with zero attached hydrogens (tertiary/aromatic N) is 1. The number of amides is 2. The normalized spacial score (nSPS) is 12.3.